The van der Waals surface area contributed by atoms with E-state index in [2.05, 4.69) is 26.0 Å². The minimum Gasteiger partial charge on any atom is -0.493 e. The summed E-state index contributed by atoms with van der Waals surface area (Å²) in [5.41, 5.74) is 1.90. The highest BCUT2D eigenvalue weighted by Gasteiger charge is 2.07. The average Bonchev–Trinajstić information content (AvgIpc) is 3.34. The standard InChI is InChI=1S/C60H100O6/c1-3-5-7-9-11-13-15-17-19-21-23-25-27-29-31-33-41-62-43-35-45-64-59-48-55(53-66-58-40-39-56-47-54(52-61)37-38-57(56)50-58)49-60(51-59)65-46-36-44-63-42-34-32-30-28-26-24-22-20-18-16-14-12-10-8-6-4-2/h37-40,47-51,61H,3-36,41-46,52-53H2,1-2H3. The third-order valence-corrected chi connectivity index (χ3v) is 13.1. The zero-order valence-electron chi connectivity index (χ0n) is 42.9. The van der Waals surface area contributed by atoms with Crippen molar-refractivity contribution >= 4 is 10.8 Å². The molecule has 0 aromatic heterocycles. The maximum absolute atomic E-state index is 9.53. The third-order valence-electron chi connectivity index (χ3n) is 13.1. The Labute approximate surface area is 406 Å². The van der Waals surface area contributed by atoms with Crippen molar-refractivity contribution in [3.63, 3.8) is 0 Å². The van der Waals surface area contributed by atoms with Crippen molar-refractivity contribution in [2.75, 3.05) is 39.6 Å². The van der Waals surface area contributed by atoms with E-state index in [1.807, 2.05) is 42.5 Å². The van der Waals surface area contributed by atoms with Gasteiger partial charge in [0.15, 0.2) is 0 Å². The minimum atomic E-state index is 0.0379. The molecule has 3 rings (SSSR count). The number of hydrogen-bond acceptors (Lipinski definition) is 6. The quantitative estimate of drug-likeness (QED) is 0.0569. The number of hydrogen-bond donors (Lipinski definition) is 1. The summed E-state index contributed by atoms with van der Waals surface area (Å²) < 4.78 is 30.7. The van der Waals surface area contributed by atoms with Gasteiger partial charge >= 0.3 is 0 Å². The maximum atomic E-state index is 9.53. The molecule has 0 heterocycles. The lowest BCUT2D eigenvalue weighted by molar-refractivity contribution is 0.115. The summed E-state index contributed by atoms with van der Waals surface area (Å²) in [5, 5.41) is 11.7. The van der Waals surface area contributed by atoms with E-state index in [1.54, 1.807) is 0 Å². The third kappa shape index (κ3) is 31.3. The fraction of sp³-hybridized carbons (Fsp3) is 0.733. The van der Waals surface area contributed by atoms with E-state index >= 15 is 0 Å². The molecule has 376 valence electrons. The molecule has 0 amide bonds. The van der Waals surface area contributed by atoms with Gasteiger partial charge in [-0.3, -0.25) is 0 Å². The predicted octanol–water partition coefficient (Wildman–Crippen LogP) is 18.0. The first kappa shape index (κ1) is 57.5. The van der Waals surface area contributed by atoms with Crippen molar-refractivity contribution in [2.24, 2.45) is 0 Å². The van der Waals surface area contributed by atoms with Crippen LogP contribution in [-0.2, 0) is 22.7 Å². The fourth-order valence-corrected chi connectivity index (χ4v) is 8.92. The number of rotatable bonds is 48. The molecule has 0 saturated carbocycles. The molecule has 6 nitrogen and oxygen atoms in total. The van der Waals surface area contributed by atoms with Crippen LogP contribution in [0.2, 0.25) is 0 Å². The molecule has 0 atom stereocenters. The van der Waals surface area contributed by atoms with Gasteiger partial charge in [-0.15, -0.1) is 0 Å². The van der Waals surface area contributed by atoms with Gasteiger partial charge in [0.1, 0.15) is 23.9 Å². The topological polar surface area (TPSA) is 66.4 Å². The second-order valence-corrected chi connectivity index (χ2v) is 19.3. The Morgan fingerprint density at radius 1 is 0.303 bits per heavy atom. The van der Waals surface area contributed by atoms with Crippen LogP contribution in [0, 0.1) is 0 Å². The normalized spacial score (nSPS) is 11.5. The van der Waals surface area contributed by atoms with Crippen LogP contribution in [0.25, 0.3) is 10.8 Å². The number of unbranched alkanes of at least 4 members (excludes halogenated alkanes) is 30. The van der Waals surface area contributed by atoms with Crippen LogP contribution >= 0.6 is 0 Å². The van der Waals surface area contributed by atoms with Crippen LogP contribution < -0.4 is 14.2 Å². The number of benzene rings is 3. The van der Waals surface area contributed by atoms with Crippen LogP contribution in [0.4, 0.5) is 0 Å². The molecule has 1 N–H and O–H groups in total. The molecule has 0 aliphatic heterocycles. The molecule has 3 aromatic rings. The van der Waals surface area contributed by atoms with Gasteiger partial charge in [-0.05, 0) is 65.1 Å². The molecule has 66 heavy (non-hydrogen) atoms. The lowest BCUT2D eigenvalue weighted by atomic mass is 10.0. The Hall–Kier alpha value is -2.80. The van der Waals surface area contributed by atoms with Crippen molar-refractivity contribution in [1.82, 2.24) is 0 Å². The van der Waals surface area contributed by atoms with Gasteiger partial charge in [0.2, 0.25) is 0 Å². The summed E-state index contributed by atoms with van der Waals surface area (Å²) >= 11 is 0. The Morgan fingerprint density at radius 3 is 1.08 bits per heavy atom. The van der Waals surface area contributed by atoms with E-state index in [9.17, 15) is 5.11 Å². The molecule has 0 spiro atoms. The second-order valence-electron chi connectivity index (χ2n) is 19.3. The van der Waals surface area contributed by atoms with Gasteiger partial charge < -0.3 is 28.8 Å². The summed E-state index contributed by atoms with van der Waals surface area (Å²) in [5.74, 6) is 2.38. The maximum Gasteiger partial charge on any atom is 0.123 e. The molecule has 0 unspecified atom stereocenters. The zero-order chi connectivity index (χ0) is 46.6. The van der Waals surface area contributed by atoms with Crippen LogP contribution in [-0.4, -0.2) is 44.7 Å². The van der Waals surface area contributed by atoms with Gasteiger partial charge in [-0.1, -0.05) is 225 Å². The average molecular weight is 917 g/mol. The van der Waals surface area contributed by atoms with Crippen LogP contribution in [0.5, 0.6) is 17.2 Å². The first-order chi connectivity index (χ1) is 32.7. The molecular weight excluding hydrogens is 817 g/mol. The molecule has 0 bridgehead atoms. The molecule has 0 aliphatic carbocycles. The molecule has 6 heteroatoms. The van der Waals surface area contributed by atoms with Crippen molar-refractivity contribution in [3.05, 3.63) is 65.7 Å². The smallest absolute Gasteiger partial charge is 0.123 e. The van der Waals surface area contributed by atoms with Gasteiger partial charge in [-0.2, -0.15) is 0 Å². The highest BCUT2D eigenvalue weighted by molar-refractivity contribution is 5.84. The number of aliphatic hydroxyl groups is 1. The zero-order valence-corrected chi connectivity index (χ0v) is 42.9. The summed E-state index contributed by atoms with van der Waals surface area (Å²) in [6.07, 6.45) is 46.0. The summed E-state index contributed by atoms with van der Waals surface area (Å²) in [7, 11) is 0. The van der Waals surface area contributed by atoms with E-state index in [1.165, 1.54) is 193 Å². The lowest BCUT2D eigenvalue weighted by Crippen LogP contribution is -2.06. The molecular formula is C60H100O6. The van der Waals surface area contributed by atoms with Crippen molar-refractivity contribution in [2.45, 2.75) is 245 Å². The number of aliphatic hydroxyl groups excluding tert-OH is 1. The SMILES string of the molecule is CCCCCCCCCCCCCCCCCCOCCCOc1cc(COc2ccc3cc(CO)ccc3c2)cc(OCCCOCCCCCCCCCCCCCCCCCC)c1. The van der Waals surface area contributed by atoms with E-state index in [0.29, 0.717) is 33.0 Å². The lowest BCUT2D eigenvalue weighted by Gasteiger charge is -2.14. The van der Waals surface area contributed by atoms with E-state index in [-0.39, 0.29) is 6.61 Å². The Balaban J connectivity index is 1.25. The van der Waals surface area contributed by atoms with Crippen molar-refractivity contribution < 1.29 is 28.8 Å². The molecule has 0 saturated heterocycles. The van der Waals surface area contributed by atoms with Gasteiger partial charge in [0.05, 0.1) is 19.8 Å². The first-order valence-corrected chi connectivity index (χ1v) is 28.0. The Morgan fingerprint density at radius 2 is 0.667 bits per heavy atom. The second kappa shape index (κ2) is 42.3. The van der Waals surface area contributed by atoms with Gasteiger partial charge in [0, 0.05) is 45.3 Å². The fourth-order valence-electron chi connectivity index (χ4n) is 8.92. The van der Waals surface area contributed by atoms with E-state index < -0.39 is 0 Å². The summed E-state index contributed by atoms with van der Waals surface area (Å²) in [4.78, 5) is 0. The number of fused-ring (bicyclic) bond motifs is 1. The number of ether oxygens (including phenoxy) is 5. The molecule has 3 aromatic carbocycles. The minimum absolute atomic E-state index is 0.0379. The van der Waals surface area contributed by atoms with Crippen LogP contribution in [0.1, 0.15) is 243 Å². The van der Waals surface area contributed by atoms with E-state index in [4.69, 9.17) is 23.7 Å². The molecule has 0 radical (unpaired) electrons. The van der Waals surface area contributed by atoms with Crippen molar-refractivity contribution in [3.8, 4) is 17.2 Å². The molecule has 0 aliphatic rings. The monoisotopic (exact) mass is 917 g/mol. The van der Waals surface area contributed by atoms with Crippen LogP contribution in [0.3, 0.4) is 0 Å². The van der Waals surface area contributed by atoms with Crippen molar-refractivity contribution in [1.29, 1.82) is 0 Å². The summed E-state index contributed by atoms with van der Waals surface area (Å²) in [6, 6.07) is 18.2. The Kier molecular flexibility index (Phi) is 36.9. The summed E-state index contributed by atoms with van der Waals surface area (Å²) in [6.45, 7) is 9.32. The highest BCUT2D eigenvalue weighted by atomic mass is 16.5. The highest BCUT2D eigenvalue weighted by Crippen LogP contribution is 2.27. The molecule has 0 fully saturated rings. The van der Waals surface area contributed by atoms with E-state index in [0.717, 1.165) is 78.0 Å². The Bertz CT molecular complexity index is 1460. The van der Waals surface area contributed by atoms with Gasteiger partial charge in [-0.25, -0.2) is 0 Å². The predicted molar refractivity (Wildman–Crippen MR) is 282 cm³/mol. The largest absolute Gasteiger partial charge is 0.493 e. The van der Waals surface area contributed by atoms with Crippen LogP contribution in [0.15, 0.2) is 54.6 Å². The van der Waals surface area contributed by atoms with Gasteiger partial charge in [0.25, 0.3) is 0 Å². The first-order valence-electron chi connectivity index (χ1n) is 28.0.